The van der Waals surface area contributed by atoms with Crippen molar-refractivity contribution >= 4 is 17.3 Å². The summed E-state index contributed by atoms with van der Waals surface area (Å²) in [4.78, 5) is 0. The standard InChI is InChI=1S/C23H29NO/c1-15(9-8-12-25)19-14-20-18-11-7-6-10-17(18)13-21(20)22(16(19)2)24-23(3,4)5/h6-7,10-11,13-14,24-25H,8-9,12H2,1-5H3. The van der Waals surface area contributed by atoms with Gasteiger partial charge in [0.2, 0.25) is 0 Å². The second kappa shape index (κ2) is 6.68. The Morgan fingerprint density at radius 2 is 1.84 bits per heavy atom. The second-order valence-electron chi connectivity index (χ2n) is 8.10. The third-order valence-electron chi connectivity index (χ3n) is 4.85. The molecule has 0 unspecified atom stereocenters. The lowest BCUT2D eigenvalue weighted by Crippen LogP contribution is -2.32. The fourth-order valence-corrected chi connectivity index (χ4v) is 3.66. The van der Waals surface area contributed by atoms with Crippen molar-refractivity contribution in [2.24, 2.45) is 0 Å². The van der Waals surface area contributed by atoms with E-state index in [1.54, 1.807) is 0 Å². The maximum absolute atomic E-state index is 9.19. The Hall–Kier alpha value is -2.06. The minimum Gasteiger partial charge on any atom is -0.396 e. The first-order valence-corrected chi connectivity index (χ1v) is 9.15. The van der Waals surface area contributed by atoms with Crippen molar-refractivity contribution in [2.45, 2.75) is 53.0 Å². The predicted octanol–water partition coefficient (Wildman–Crippen LogP) is 3.96. The molecular formula is C23H29NO. The molecule has 1 aliphatic rings. The Kier molecular flexibility index (Phi) is 4.75. The van der Waals surface area contributed by atoms with Crippen LogP contribution >= 0.6 is 0 Å². The zero-order valence-corrected chi connectivity index (χ0v) is 16.0. The van der Waals surface area contributed by atoms with E-state index in [-0.39, 0.29) is 12.1 Å². The Labute approximate surface area is 150 Å². The van der Waals surface area contributed by atoms with Crippen LogP contribution in [0.15, 0.2) is 30.3 Å². The number of rotatable bonds is 4. The molecule has 0 heterocycles. The van der Waals surface area contributed by atoms with Crippen LogP contribution in [0, 0.1) is 6.92 Å². The van der Waals surface area contributed by atoms with Gasteiger partial charge in [0, 0.05) is 23.1 Å². The fraction of sp³-hybridized carbons (Fsp3) is 0.391. The number of anilines is 1. The van der Waals surface area contributed by atoms with Crippen molar-refractivity contribution in [3.05, 3.63) is 51.9 Å². The molecule has 0 saturated carbocycles. The van der Waals surface area contributed by atoms with Crippen LogP contribution in [0.2, 0.25) is 0 Å². The molecule has 2 aromatic rings. The lowest BCUT2D eigenvalue weighted by Gasteiger charge is -2.25. The van der Waals surface area contributed by atoms with Crippen molar-refractivity contribution in [2.75, 3.05) is 11.9 Å². The summed E-state index contributed by atoms with van der Waals surface area (Å²) in [5, 5.41) is 15.5. The predicted molar refractivity (Wildman–Crippen MR) is 108 cm³/mol. The molecule has 0 bridgehead atoms. The highest BCUT2D eigenvalue weighted by molar-refractivity contribution is 5.87. The molecular weight excluding hydrogens is 306 g/mol. The van der Waals surface area contributed by atoms with Gasteiger partial charge >= 0.3 is 0 Å². The normalized spacial score (nSPS) is 13.8. The van der Waals surface area contributed by atoms with Crippen LogP contribution in [0.5, 0.6) is 0 Å². The van der Waals surface area contributed by atoms with Gasteiger partial charge in [-0.05, 0) is 87.1 Å². The van der Waals surface area contributed by atoms with E-state index in [0.29, 0.717) is 0 Å². The van der Waals surface area contributed by atoms with Crippen LogP contribution in [-0.2, 0) is 0 Å². The molecule has 25 heavy (non-hydrogen) atoms. The number of hydrogen-bond acceptors (Lipinski definition) is 2. The smallest absolute Gasteiger partial charge is 0.0460 e. The van der Waals surface area contributed by atoms with Crippen LogP contribution in [0.25, 0.3) is 22.8 Å². The van der Waals surface area contributed by atoms with Gasteiger partial charge in [-0.15, -0.1) is 0 Å². The molecule has 0 aliphatic heterocycles. The van der Waals surface area contributed by atoms with E-state index >= 15 is 0 Å². The summed E-state index contributed by atoms with van der Waals surface area (Å²) in [6.07, 6.45) is 4.04. The number of aliphatic hydroxyl groups is 1. The minimum absolute atomic E-state index is 0.00122. The van der Waals surface area contributed by atoms with E-state index < -0.39 is 0 Å². The SMILES string of the molecule is CC(CCCO)=c1cc2c(c(NC(C)(C)C)c1C)=Cc1ccccc1-2. The molecule has 0 amide bonds. The van der Waals surface area contributed by atoms with Crippen LogP contribution in [-0.4, -0.2) is 17.3 Å². The number of fused-ring (bicyclic) bond motifs is 3. The lowest BCUT2D eigenvalue weighted by atomic mass is 9.96. The molecule has 2 nitrogen and oxygen atoms in total. The maximum atomic E-state index is 9.19. The van der Waals surface area contributed by atoms with E-state index in [1.807, 2.05) is 0 Å². The number of nitrogens with one attached hydrogen (secondary N) is 1. The molecule has 0 spiro atoms. The van der Waals surface area contributed by atoms with E-state index in [0.717, 1.165) is 12.8 Å². The molecule has 2 N–H and O–H groups in total. The third kappa shape index (κ3) is 3.50. The highest BCUT2D eigenvalue weighted by atomic mass is 16.2. The summed E-state index contributed by atoms with van der Waals surface area (Å²) in [6, 6.07) is 11.0. The summed E-state index contributed by atoms with van der Waals surface area (Å²) >= 11 is 0. The average molecular weight is 335 g/mol. The Bertz CT molecular complexity index is 916. The molecule has 1 aliphatic carbocycles. The first-order valence-electron chi connectivity index (χ1n) is 9.15. The molecule has 2 aromatic carbocycles. The molecule has 3 rings (SSSR count). The van der Waals surface area contributed by atoms with Gasteiger partial charge in [-0.2, -0.15) is 0 Å². The fourth-order valence-electron chi connectivity index (χ4n) is 3.66. The molecule has 2 heteroatoms. The van der Waals surface area contributed by atoms with Crippen molar-refractivity contribution in [3.8, 4) is 11.1 Å². The highest BCUT2D eigenvalue weighted by Gasteiger charge is 2.20. The van der Waals surface area contributed by atoms with Crippen molar-refractivity contribution in [1.82, 2.24) is 0 Å². The molecule has 0 radical (unpaired) electrons. The monoisotopic (exact) mass is 335 g/mol. The van der Waals surface area contributed by atoms with Crippen LogP contribution in [0.3, 0.4) is 0 Å². The largest absolute Gasteiger partial charge is 0.396 e. The Morgan fingerprint density at radius 1 is 1.12 bits per heavy atom. The summed E-state index contributed by atoms with van der Waals surface area (Å²) in [7, 11) is 0. The van der Waals surface area contributed by atoms with Gasteiger partial charge in [-0.3, -0.25) is 0 Å². The number of hydrogen-bond donors (Lipinski definition) is 2. The topological polar surface area (TPSA) is 32.3 Å². The van der Waals surface area contributed by atoms with E-state index in [1.165, 1.54) is 44.0 Å². The first-order chi connectivity index (χ1) is 11.8. The zero-order valence-electron chi connectivity index (χ0n) is 16.0. The first kappa shape index (κ1) is 17.8. The van der Waals surface area contributed by atoms with Crippen LogP contribution < -0.4 is 15.8 Å². The lowest BCUT2D eigenvalue weighted by molar-refractivity contribution is 0.290. The summed E-state index contributed by atoms with van der Waals surface area (Å²) < 4.78 is 0. The van der Waals surface area contributed by atoms with E-state index in [2.05, 4.69) is 76.3 Å². The van der Waals surface area contributed by atoms with Gasteiger partial charge in [0.05, 0.1) is 0 Å². The van der Waals surface area contributed by atoms with E-state index in [9.17, 15) is 5.11 Å². The van der Waals surface area contributed by atoms with Gasteiger partial charge in [-0.1, -0.05) is 29.8 Å². The molecule has 0 atom stereocenters. The zero-order chi connectivity index (χ0) is 18.2. The Morgan fingerprint density at radius 3 is 2.52 bits per heavy atom. The summed E-state index contributed by atoms with van der Waals surface area (Å²) in [5.74, 6) is 0. The second-order valence-corrected chi connectivity index (χ2v) is 8.10. The highest BCUT2D eigenvalue weighted by Crippen LogP contribution is 2.29. The minimum atomic E-state index is -0.00122. The van der Waals surface area contributed by atoms with Crippen LogP contribution in [0.1, 0.15) is 51.7 Å². The maximum Gasteiger partial charge on any atom is 0.0460 e. The molecule has 0 aromatic heterocycles. The number of benzene rings is 2. The Balaban J connectivity index is 2.31. The van der Waals surface area contributed by atoms with Crippen molar-refractivity contribution in [1.29, 1.82) is 0 Å². The molecule has 0 fully saturated rings. The average Bonchev–Trinajstić information content (AvgIpc) is 2.92. The van der Waals surface area contributed by atoms with Crippen molar-refractivity contribution in [3.63, 3.8) is 0 Å². The van der Waals surface area contributed by atoms with Gasteiger partial charge in [0.1, 0.15) is 0 Å². The molecule has 0 saturated heterocycles. The third-order valence-corrected chi connectivity index (χ3v) is 4.85. The van der Waals surface area contributed by atoms with Gasteiger partial charge < -0.3 is 10.4 Å². The summed E-state index contributed by atoms with van der Waals surface area (Å²) in [5.41, 5.74) is 7.79. The van der Waals surface area contributed by atoms with Crippen molar-refractivity contribution < 1.29 is 5.11 Å². The quantitative estimate of drug-likeness (QED) is 0.756. The van der Waals surface area contributed by atoms with Crippen LogP contribution in [0.4, 0.5) is 5.69 Å². The van der Waals surface area contributed by atoms with Gasteiger partial charge in [-0.25, -0.2) is 0 Å². The number of aliphatic hydroxyl groups excluding tert-OH is 1. The van der Waals surface area contributed by atoms with Gasteiger partial charge in [0.15, 0.2) is 0 Å². The van der Waals surface area contributed by atoms with E-state index in [4.69, 9.17) is 0 Å². The molecule has 132 valence electrons. The summed E-state index contributed by atoms with van der Waals surface area (Å²) in [6.45, 7) is 11.3. The van der Waals surface area contributed by atoms with Gasteiger partial charge in [0.25, 0.3) is 0 Å².